The first-order chi connectivity index (χ1) is 19.8. The molecule has 0 unspecified atom stereocenters. The van der Waals surface area contributed by atoms with E-state index in [2.05, 4.69) is 5.32 Å². The van der Waals surface area contributed by atoms with Gasteiger partial charge >= 0.3 is 6.18 Å². The molecule has 0 aliphatic heterocycles. The molecular formula is C30H33F4N3O4S. The summed E-state index contributed by atoms with van der Waals surface area (Å²) in [6.45, 7) is 1.25. The van der Waals surface area contributed by atoms with E-state index in [0.29, 0.717) is 28.9 Å². The number of anilines is 1. The molecule has 1 N–H and O–H groups in total. The summed E-state index contributed by atoms with van der Waals surface area (Å²) in [5.41, 5.74) is -0.243. The van der Waals surface area contributed by atoms with Gasteiger partial charge in [-0.1, -0.05) is 61.9 Å². The normalized spacial score (nSPS) is 12.4. The van der Waals surface area contributed by atoms with Crippen LogP contribution in [0.3, 0.4) is 0 Å². The van der Waals surface area contributed by atoms with Crippen LogP contribution in [0.1, 0.15) is 36.5 Å². The zero-order valence-corrected chi connectivity index (χ0v) is 24.1. The van der Waals surface area contributed by atoms with Gasteiger partial charge in [-0.2, -0.15) is 13.2 Å². The van der Waals surface area contributed by atoms with Crippen LogP contribution in [0.25, 0.3) is 0 Å². The summed E-state index contributed by atoms with van der Waals surface area (Å²) >= 11 is 0. The first kappa shape index (κ1) is 32.6. The van der Waals surface area contributed by atoms with Crippen molar-refractivity contribution in [1.82, 2.24) is 10.2 Å². The van der Waals surface area contributed by atoms with E-state index in [-0.39, 0.29) is 18.7 Å². The summed E-state index contributed by atoms with van der Waals surface area (Å²) in [5, 5.41) is 2.82. The summed E-state index contributed by atoms with van der Waals surface area (Å²) in [4.78, 5) is 28.6. The van der Waals surface area contributed by atoms with E-state index in [1.54, 1.807) is 30.3 Å². The number of hydrogen-bond donors (Lipinski definition) is 1. The van der Waals surface area contributed by atoms with Crippen molar-refractivity contribution in [3.05, 3.63) is 101 Å². The largest absolute Gasteiger partial charge is 0.416 e. The number of unbranched alkanes of at least 4 members (excludes halogenated alkanes) is 1. The molecule has 0 saturated heterocycles. The third-order valence-electron chi connectivity index (χ3n) is 6.51. The number of nitrogens with one attached hydrogen (secondary N) is 1. The van der Waals surface area contributed by atoms with Crippen LogP contribution < -0.4 is 9.62 Å². The number of carbonyl (C=O) groups is 2. The van der Waals surface area contributed by atoms with E-state index in [1.807, 2.05) is 6.92 Å². The van der Waals surface area contributed by atoms with Crippen LogP contribution in [0.5, 0.6) is 0 Å². The third-order valence-corrected chi connectivity index (χ3v) is 7.65. The molecule has 3 rings (SSSR count). The average Bonchev–Trinajstić information content (AvgIpc) is 2.94. The summed E-state index contributed by atoms with van der Waals surface area (Å²) in [5.74, 6) is -1.82. The molecule has 0 saturated carbocycles. The summed E-state index contributed by atoms with van der Waals surface area (Å²) in [7, 11) is -4.24. The number of halogens is 4. The van der Waals surface area contributed by atoms with Gasteiger partial charge in [0.15, 0.2) is 0 Å². The third kappa shape index (κ3) is 9.30. The second-order valence-electron chi connectivity index (χ2n) is 9.82. The Morgan fingerprint density at radius 3 is 2.19 bits per heavy atom. The van der Waals surface area contributed by atoms with Crippen molar-refractivity contribution < 1.29 is 35.6 Å². The van der Waals surface area contributed by atoms with Crippen LogP contribution in [0.2, 0.25) is 0 Å². The molecule has 0 bridgehead atoms. The minimum absolute atomic E-state index is 0.0775. The Bertz CT molecular complexity index is 1450. The average molecular weight is 608 g/mol. The van der Waals surface area contributed by atoms with Gasteiger partial charge in [-0.3, -0.25) is 13.9 Å². The second-order valence-corrected chi connectivity index (χ2v) is 11.7. The lowest BCUT2D eigenvalue weighted by Crippen LogP contribution is -2.53. The van der Waals surface area contributed by atoms with E-state index in [1.165, 1.54) is 29.2 Å². The topological polar surface area (TPSA) is 86.8 Å². The lowest BCUT2D eigenvalue weighted by Gasteiger charge is -2.33. The number of rotatable bonds is 13. The van der Waals surface area contributed by atoms with Gasteiger partial charge < -0.3 is 10.2 Å². The van der Waals surface area contributed by atoms with Crippen LogP contribution in [0.4, 0.5) is 23.2 Å². The van der Waals surface area contributed by atoms with Gasteiger partial charge in [0, 0.05) is 19.5 Å². The molecule has 0 aromatic heterocycles. The van der Waals surface area contributed by atoms with Gasteiger partial charge in [0.2, 0.25) is 21.8 Å². The Hall–Kier alpha value is -3.93. The summed E-state index contributed by atoms with van der Waals surface area (Å²) in [6.07, 6.45) is -2.39. The van der Waals surface area contributed by atoms with Crippen molar-refractivity contribution in [3.8, 4) is 0 Å². The Balaban J connectivity index is 2.05. The molecule has 7 nitrogen and oxygen atoms in total. The quantitative estimate of drug-likeness (QED) is 0.215. The van der Waals surface area contributed by atoms with Crippen LogP contribution in [0, 0.1) is 5.82 Å². The van der Waals surface area contributed by atoms with Gasteiger partial charge in [-0.25, -0.2) is 12.8 Å². The predicted octanol–water partition coefficient (Wildman–Crippen LogP) is 5.17. The first-order valence-corrected chi connectivity index (χ1v) is 15.1. The highest BCUT2D eigenvalue weighted by molar-refractivity contribution is 7.92. The predicted molar refractivity (Wildman–Crippen MR) is 152 cm³/mol. The lowest BCUT2D eigenvalue weighted by atomic mass is 10.0. The Labute approximate surface area is 243 Å². The Kier molecular flexibility index (Phi) is 11.1. The maximum Gasteiger partial charge on any atom is 0.416 e. The number of alkyl halides is 3. The van der Waals surface area contributed by atoms with Gasteiger partial charge in [0.05, 0.1) is 17.5 Å². The van der Waals surface area contributed by atoms with Gasteiger partial charge in [0.25, 0.3) is 0 Å². The van der Waals surface area contributed by atoms with Crippen molar-refractivity contribution >= 4 is 27.5 Å². The molecule has 0 aliphatic carbocycles. The molecule has 1 atom stereocenters. The molecule has 42 heavy (non-hydrogen) atoms. The summed E-state index contributed by atoms with van der Waals surface area (Å²) in [6, 6.07) is 16.7. The number of benzene rings is 3. The number of amides is 2. The molecule has 0 aliphatic rings. The molecule has 3 aromatic rings. The van der Waals surface area contributed by atoms with E-state index < -0.39 is 52.0 Å². The molecule has 2 amide bonds. The zero-order valence-electron chi connectivity index (χ0n) is 23.3. The van der Waals surface area contributed by atoms with E-state index >= 15 is 0 Å². The minimum atomic E-state index is -4.74. The van der Waals surface area contributed by atoms with E-state index in [9.17, 15) is 35.6 Å². The Morgan fingerprint density at radius 1 is 0.929 bits per heavy atom. The highest BCUT2D eigenvalue weighted by Crippen LogP contribution is 2.32. The molecule has 0 heterocycles. The first-order valence-electron chi connectivity index (χ1n) is 13.3. The van der Waals surface area contributed by atoms with Crippen LogP contribution in [-0.2, 0) is 38.8 Å². The number of carbonyl (C=O) groups excluding carboxylic acids is 2. The van der Waals surface area contributed by atoms with E-state index in [4.69, 9.17) is 0 Å². The van der Waals surface area contributed by atoms with Gasteiger partial charge in [0.1, 0.15) is 18.4 Å². The molecule has 0 spiro atoms. The molecule has 0 radical (unpaired) electrons. The molecular weight excluding hydrogens is 574 g/mol. The second kappa shape index (κ2) is 14.3. The van der Waals surface area contributed by atoms with Crippen molar-refractivity contribution in [1.29, 1.82) is 0 Å². The smallest absolute Gasteiger partial charge is 0.354 e. The van der Waals surface area contributed by atoms with Crippen molar-refractivity contribution in [2.24, 2.45) is 0 Å². The maximum atomic E-state index is 13.9. The zero-order chi connectivity index (χ0) is 30.9. The van der Waals surface area contributed by atoms with Crippen molar-refractivity contribution in [2.45, 2.75) is 44.9 Å². The van der Waals surface area contributed by atoms with Crippen LogP contribution in [-0.4, -0.2) is 50.5 Å². The fraction of sp³-hybridized carbons (Fsp3) is 0.333. The number of hydrogen-bond acceptors (Lipinski definition) is 4. The minimum Gasteiger partial charge on any atom is -0.354 e. The standard InChI is InChI=1S/C30H33F4N3O4S/c1-3-4-17-35-29(39)27(18-22-9-6-5-7-10-22)36(20-23-13-15-25(31)16-14-23)28(38)21-37(42(2,40)41)26-12-8-11-24(19-26)30(32,33)34/h5-16,19,27H,3-4,17-18,20-21H2,1-2H3,(H,35,39)/t27-/m1/s1. The molecule has 226 valence electrons. The fourth-order valence-electron chi connectivity index (χ4n) is 4.30. The molecule has 0 fully saturated rings. The molecule has 3 aromatic carbocycles. The number of sulfonamides is 1. The highest BCUT2D eigenvalue weighted by atomic mass is 32.2. The summed E-state index contributed by atoms with van der Waals surface area (Å²) < 4.78 is 80.0. The van der Waals surface area contributed by atoms with Gasteiger partial charge in [-0.15, -0.1) is 0 Å². The fourth-order valence-corrected chi connectivity index (χ4v) is 5.14. The Morgan fingerprint density at radius 2 is 1.60 bits per heavy atom. The van der Waals surface area contributed by atoms with Crippen LogP contribution in [0.15, 0.2) is 78.9 Å². The maximum absolute atomic E-state index is 13.9. The number of nitrogens with zero attached hydrogens (tertiary/aromatic N) is 2. The lowest BCUT2D eigenvalue weighted by molar-refractivity contribution is -0.140. The van der Waals surface area contributed by atoms with E-state index in [0.717, 1.165) is 36.4 Å². The van der Waals surface area contributed by atoms with Crippen LogP contribution >= 0.6 is 0 Å². The highest BCUT2D eigenvalue weighted by Gasteiger charge is 2.35. The molecule has 12 heteroatoms. The van der Waals surface area contributed by atoms with Gasteiger partial charge in [-0.05, 0) is 47.9 Å². The van der Waals surface area contributed by atoms with Crippen molar-refractivity contribution in [2.75, 3.05) is 23.7 Å². The SMILES string of the molecule is CCCCNC(=O)[C@@H](Cc1ccccc1)N(Cc1ccc(F)cc1)C(=O)CN(c1cccc(C(F)(F)F)c1)S(C)(=O)=O. The monoisotopic (exact) mass is 607 g/mol. The van der Waals surface area contributed by atoms with Crippen molar-refractivity contribution in [3.63, 3.8) is 0 Å².